The zero-order chi connectivity index (χ0) is 12.3. The Morgan fingerprint density at radius 1 is 1.38 bits per heavy atom. The second-order valence-corrected chi connectivity index (χ2v) is 4.25. The minimum absolute atomic E-state index is 0.0271. The quantitative estimate of drug-likeness (QED) is 0.547. The number of aliphatic hydroxyl groups excluding tert-OH is 3. The van der Waals surface area contributed by atoms with Crippen LogP contribution in [0.5, 0.6) is 0 Å². The Hall–Kier alpha value is -0.240. The predicted octanol–water partition coefficient (Wildman–Crippen LogP) is -0.913. The fraction of sp³-hybridized carbons (Fsp3) is 1.00. The number of aliphatic hydroxyl groups is 3. The molecule has 16 heavy (non-hydrogen) atoms. The van der Waals surface area contributed by atoms with Crippen LogP contribution in [0.4, 0.5) is 0 Å². The summed E-state index contributed by atoms with van der Waals surface area (Å²) in [5.41, 5.74) is 0. The highest BCUT2D eigenvalue weighted by Crippen LogP contribution is 2.24. The molecule has 0 amide bonds. The van der Waals surface area contributed by atoms with Crippen LogP contribution in [0.25, 0.3) is 0 Å². The van der Waals surface area contributed by atoms with Gasteiger partial charge >= 0.3 is 0 Å². The highest BCUT2D eigenvalue weighted by Gasteiger charge is 2.40. The number of hydrogen-bond donors (Lipinski definition) is 3. The standard InChI is InChI=1S/C10H21NO5/c1-6(2)11(15-3)10-8(14)4-7(13)9(5-12)16-10/h6-10,12-14H,4-5H2,1-3H3/t7-,8?,9?,10?/m0/s1. The lowest BCUT2D eigenvalue weighted by Gasteiger charge is -2.42. The number of ether oxygens (including phenoxy) is 1. The Morgan fingerprint density at radius 3 is 2.44 bits per heavy atom. The molecule has 6 heteroatoms. The van der Waals surface area contributed by atoms with Gasteiger partial charge in [-0.25, -0.2) is 0 Å². The van der Waals surface area contributed by atoms with E-state index in [4.69, 9.17) is 14.7 Å². The summed E-state index contributed by atoms with van der Waals surface area (Å²) in [6, 6.07) is 0.0271. The zero-order valence-electron chi connectivity index (χ0n) is 9.91. The third-order valence-electron chi connectivity index (χ3n) is 2.71. The molecule has 1 aliphatic rings. The van der Waals surface area contributed by atoms with E-state index >= 15 is 0 Å². The van der Waals surface area contributed by atoms with E-state index in [0.717, 1.165) is 0 Å². The van der Waals surface area contributed by atoms with Crippen LogP contribution in [0.3, 0.4) is 0 Å². The second-order valence-electron chi connectivity index (χ2n) is 4.25. The van der Waals surface area contributed by atoms with Gasteiger partial charge in [-0.1, -0.05) is 0 Å². The molecule has 6 nitrogen and oxygen atoms in total. The molecule has 1 rings (SSSR count). The summed E-state index contributed by atoms with van der Waals surface area (Å²) >= 11 is 0. The van der Waals surface area contributed by atoms with Crippen LogP contribution in [0.2, 0.25) is 0 Å². The predicted molar refractivity (Wildman–Crippen MR) is 56.4 cm³/mol. The van der Waals surface area contributed by atoms with Crippen LogP contribution in [0.15, 0.2) is 0 Å². The molecule has 0 bridgehead atoms. The van der Waals surface area contributed by atoms with Gasteiger partial charge in [-0.2, -0.15) is 5.06 Å². The lowest BCUT2D eigenvalue weighted by atomic mass is 10.0. The van der Waals surface area contributed by atoms with Crippen molar-refractivity contribution >= 4 is 0 Å². The number of hydrogen-bond acceptors (Lipinski definition) is 6. The molecule has 96 valence electrons. The van der Waals surface area contributed by atoms with E-state index in [0.29, 0.717) is 0 Å². The zero-order valence-corrected chi connectivity index (χ0v) is 9.91. The molecule has 0 aromatic rings. The Morgan fingerprint density at radius 2 is 2.00 bits per heavy atom. The Labute approximate surface area is 95.3 Å². The molecule has 3 unspecified atom stereocenters. The Kier molecular flexibility index (Phi) is 5.10. The monoisotopic (exact) mass is 235 g/mol. The first-order valence-corrected chi connectivity index (χ1v) is 5.46. The van der Waals surface area contributed by atoms with Gasteiger partial charge in [-0.05, 0) is 13.8 Å². The van der Waals surface area contributed by atoms with Crippen molar-refractivity contribution < 1.29 is 24.9 Å². The SMILES string of the molecule is CON(C(C)C)C1OC(CO)[C@@H](O)CC1O. The van der Waals surface area contributed by atoms with Crippen molar-refractivity contribution in [3.05, 3.63) is 0 Å². The normalized spacial score (nSPS) is 36.0. The highest BCUT2D eigenvalue weighted by molar-refractivity contribution is 4.83. The van der Waals surface area contributed by atoms with Crippen molar-refractivity contribution in [3.8, 4) is 0 Å². The molecule has 0 aromatic heterocycles. The van der Waals surface area contributed by atoms with Gasteiger partial charge in [0, 0.05) is 12.5 Å². The van der Waals surface area contributed by atoms with Crippen molar-refractivity contribution in [2.24, 2.45) is 0 Å². The van der Waals surface area contributed by atoms with Gasteiger partial charge in [0.05, 0.1) is 25.9 Å². The van der Waals surface area contributed by atoms with Crippen LogP contribution in [0, 0.1) is 0 Å². The van der Waals surface area contributed by atoms with Crippen LogP contribution in [0.1, 0.15) is 20.3 Å². The van der Waals surface area contributed by atoms with Crippen molar-refractivity contribution in [3.63, 3.8) is 0 Å². The fourth-order valence-electron chi connectivity index (χ4n) is 1.88. The van der Waals surface area contributed by atoms with E-state index in [1.54, 1.807) is 0 Å². The molecule has 0 spiro atoms. The summed E-state index contributed by atoms with van der Waals surface area (Å²) in [5, 5.41) is 29.9. The average molecular weight is 235 g/mol. The van der Waals surface area contributed by atoms with E-state index in [-0.39, 0.29) is 19.1 Å². The van der Waals surface area contributed by atoms with Crippen molar-refractivity contribution in [1.82, 2.24) is 5.06 Å². The number of nitrogens with zero attached hydrogens (tertiary/aromatic N) is 1. The highest BCUT2D eigenvalue weighted by atomic mass is 16.7. The molecule has 0 radical (unpaired) electrons. The minimum Gasteiger partial charge on any atom is -0.394 e. The van der Waals surface area contributed by atoms with Gasteiger partial charge in [0.15, 0.2) is 6.23 Å². The third-order valence-corrected chi connectivity index (χ3v) is 2.71. The summed E-state index contributed by atoms with van der Waals surface area (Å²) in [5.74, 6) is 0. The van der Waals surface area contributed by atoms with Crippen LogP contribution in [-0.4, -0.2) is 64.7 Å². The molecule has 1 aliphatic heterocycles. The van der Waals surface area contributed by atoms with Gasteiger partial charge in [0.1, 0.15) is 6.10 Å². The molecule has 0 aliphatic carbocycles. The van der Waals surface area contributed by atoms with E-state index in [1.165, 1.54) is 12.2 Å². The third kappa shape index (κ3) is 2.91. The van der Waals surface area contributed by atoms with E-state index in [1.807, 2.05) is 13.8 Å². The maximum atomic E-state index is 9.81. The summed E-state index contributed by atoms with van der Waals surface area (Å²) < 4.78 is 5.43. The largest absolute Gasteiger partial charge is 0.394 e. The molecule has 1 heterocycles. The Balaban J connectivity index is 2.71. The van der Waals surface area contributed by atoms with E-state index in [9.17, 15) is 10.2 Å². The molecule has 1 fully saturated rings. The molecular formula is C10H21NO5. The van der Waals surface area contributed by atoms with Gasteiger partial charge in [-0.15, -0.1) is 0 Å². The molecule has 0 saturated carbocycles. The first-order chi connectivity index (χ1) is 7.51. The van der Waals surface area contributed by atoms with Crippen molar-refractivity contribution in [2.75, 3.05) is 13.7 Å². The van der Waals surface area contributed by atoms with E-state index < -0.39 is 24.5 Å². The number of rotatable bonds is 4. The van der Waals surface area contributed by atoms with Gasteiger partial charge in [0.2, 0.25) is 0 Å². The lowest BCUT2D eigenvalue weighted by molar-refractivity contribution is -0.317. The van der Waals surface area contributed by atoms with Crippen LogP contribution >= 0.6 is 0 Å². The summed E-state index contributed by atoms with van der Waals surface area (Å²) in [4.78, 5) is 5.13. The molecule has 4 atom stereocenters. The van der Waals surface area contributed by atoms with Gasteiger partial charge < -0.3 is 20.1 Å². The molecule has 1 saturated heterocycles. The maximum Gasteiger partial charge on any atom is 0.159 e. The lowest BCUT2D eigenvalue weighted by Crippen LogP contribution is -2.57. The summed E-state index contributed by atoms with van der Waals surface area (Å²) in [6.45, 7) is 3.52. The summed E-state index contributed by atoms with van der Waals surface area (Å²) in [7, 11) is 1.50. The molecular weight excluding hydrogens is 214 g/mol. The van der Waals surface area contributed by atoms with Gasteiger partial charge in [-0.3, -0.25) is 4.84 Å². The van der Waals surface area contributed by atoms with Crippen molar-refractivity contribution in [1.29, 1.82) is 0 Å². The Bertz CT molecular complexity index is 213. The van der Waals surface area contributed by atoms with Crippen molar-refractivity contribution in [2.45, 2.75) is 50.8 Å². The first-order valence-electron chi connectivity index (χ1n) is 5.46. The summed E-state index contributed by atoms with van der Waals surface area (Å²) in [6.07, 6.45) is -2.85. The molecule has 3 N–H and O–H groups in total. The average Bonchev–Trinajstić information content (AvgIpc) is 2.21. The maximum absolute atomic E-state index is 9.81. The second kappa shape index (κ2) is 5.90. The smallest absolute Gasteiger partial charge is 0.159 e. The fourth-order valence-corrected chi connectivity index (χ4v) is 1.88. The topological polar surface area (TPSA) is 82.4 Å². The van der Waals surface area contributed by atoms with Gasteiger partial charge in [0.25, 0.3) is 0 Å². The number of hydroxylamine groups is 2. The molecule has 0 aromatic carbocycles. The van der Waals surface area contributed by atoms with Crippen LogP contribution < -0.4 is 0 Å². The minimum atomic E-state index is -0.845. The van der Waals surface area contributed by atoms with Crippen LogP contribution in [-0.2, 0) is 9.57 Å². The first kappa shape index (κ1) is 13.8. The van der Waals surface area contributed by atoms with E-state index in [2.05, 4.69) is 0 Å².